The number of imide groups is 1. The molecule has 0 radical (unpaired) electrons. The van der Waals surface area contributed by atoms with Crippen LogP contribution < -0.4 is 0 Å². The van der Waals surface area contributed by atoms with Crippen LogP contribution in [0, 0.1) is 0 Å². The number of hydrogen-bond acceptors (Lipinski definition) is 3. The van der Waals surface area contributed by atoms with E-state index in [9.17, 15) is 9.59 Å². The molecule has 2 aromatic heterocycles. The number of carbonyl (C=O) groups is 2. The Morgan fingerprint density at radius 1 is 0.872 bits per heavy atom. The highest BCUT2D eigenvalue weighted by Gasteiger charge is 2.40. The molecular weight excluding hydrogens is 486 g/mol. The summed E-state index contributed by atoms with van der Waals surface area (Å²) in [5, 5.41) is 4.01. The number of hydrogen-bond donors (Lipinski definition) is 0. The number of nitrogens with zero attached hydrogens (tertiary/aromatic N) is 3. The second kappa shape index (κ2) is 9.16. The Labute approximate surface area is 227 Å². The molecule has 1 aliphatic heterocycles. The van der Waals surface area contributed by atoms with Gasteiger partial charge in [-0.25, -0.2) is 9.69 Å². The average Bonchev–Trinajstić information content (AvgIpc) is 3.53. The largest absolute Gasteiger partial charge is 0.443 e. The summed E-state index contributed by atoms with van der Waals surface area (Å²) in [6.07, 6.45) is 4.84. The van der Waals surface area contributed by atoms with Crippen LogP contribution in [0.2, 0.25) is 0 Å². The van der Waals surface area contributed by atoms with E-state index in [1.807, 2.05) is 51.1 Å². The summed E-state index contributed by atoms with van der Waals surface area (Å²) in [5.41, 5.74) is 5.05. The van der Waals surface area contributed by atoms with Crippen LogP contribution in [-0.2, 0) is 24.4 Å². The third kappa shape index (κ3) is 3.77. The van der Waals surface area contributed by atoms with Gasteiger partial charge in [0.15, 0.2) is 0 Å². The highest BCUT2D eigenvalue weighted by molar-refractivity contribution is 6.31. The SMILES string of the molecule is C=CCCn1c2ccccc2c2c3c(c4c5ccccc5n(CCC=C)c4c21)C(=O)N(C(=O)OC(C)(C)C)C3. The van der Waals surface area contributed by atoms with E-state index >= 15 is 0 Å². The van der Waals surface area contributed by atoms with Gasteiger partial charge in [0.1, 0.15) is 5.60 Å². The summed E-state index contributed by atoms with van der Waals surface area (Å²) in [6, 6.07) is 16.6. The van der Waals surface area contributed by atoms with Gasteiger partial charge in [-0.05, 0) is 51.3 Å². The Hall–Kier alpha value is -4.32. The van der Waals surface area contributed by atoms with Crippen molar-refractivity contribution in [1.29, 1.82) is 0 Å². The monoisotopic (exact) mass is 519 g/mol. The fourth-order valence-corrected chi connectivity index (χ4v) is 6.06. The molecule has 0 saturated carbocycles. The second-order valence-electron chi connectivity index (χ2n) is 11.2. The van der Waals surface area contributed by atoms with Crippen molar-refractivity contribution < 1.29 is 14.3 Å². The number of ether oxygens (including phenoxy) is 1. The summed E-state index contributed by atoms with van der Waals surface area (Å²) >= 11 is 0. The first-order valence-corrected chi connectivity index (χ1v) is 13.5. The third-order valence-corrected chi connectivity index (χ3v) is 7.52. The molecule has 6 rings (SSSR count). The van der Waals surface area contributed by atoms with E-state index in [2.05, 4.69) is 52.6 Å². The molecule has 0 saturated heterocycles. The minimum absolute atomic E-state index is 0.178. The van der Waals surface area contributed by atoms with Gasteiger partial charge in [0.2, 0.25) is 0 Å². The second-order valence-corrected chi connectivity index (χ2v) is 11.2. The number of aryl methyl sites for hydroxylation is 2. The predicted molar refractivity (Wildman–Crippen MR) is 158 cm³/mol. The van der Waals surface area contributed by atoms with Gasteiger partial charge in [0.05, 0.1) is 23.1 Å². The van der Waals surface area contributed by atoms with E-state index in [1.54, 1.807) is 0 Å². The van der Waals surface area contributed by atoms with Gasteiger partial charge in [-0.1, -0.05) is 48.6 Å². The number of aromatic nitrogens is 2. The van der Waals surface area contributed by atoms with E-state index in [0.29, 0.717) is 5.56 Å². The summed E-state index contributed by atoms with van der Waals surface area (Å²) in [4.78, 5) is 28.7. The molecule has 0 spiro atoms. The van der Waals surface area contributed by atoms with Crippen LogP contribution in [0.15, 0.2) is 73.8 Å². The van der Waals surface area contributed by atoms with Crippen molar-refractivity contribution in [2.75, 3.05) is 0 Å². The molecule has 0 aliphatic carbocycles. The molecule has 0 atom stereocenters. The summed E-state index contributed by atoms with van der Waals surface area (Å²) in [5.74, 6) is -0.305. The molecule has 0 unspecified atom stereocenters. The van der Waals surface area contributed by atoms with E-state index in [0.717, 1.165) is 75.1 Å². The number of carbonyl (C=O) groups excluding carboxylic acids is 2. The lowest BCUT2D eigenvalue weighted by molar-refractivity contribution is 0.0248. The molecule has 3 heterocycles. The molecule has 6 nitrogen and oxygen atoms in total. The normalized spacial score (nSPS) is 13.6. The van der Waals surface area contributed by atoms with Crippen molar-refractivity contribution in [3.8, 4) is 0 Å². The summed E-state index contributed by atoms with van der Waals surface area (Å²) in [7, 11) is 0. The van der Waals surface area contributed by atoms with E-state index in [1.165, 1.54) is 4.90 Å². The minimum atomic E-state index is -0.710. The Morgan fingerprint density at radius 3 is 1.92 bits per heavy atom. The lowest BCUT2D eigenvalue weighted by Gasteiger charge is -2.23. The maximum absolute atomic E-state index is 14.1. The molecule has 6 heteroatoms. The smallest absolute Gasteiger partial charge is 0.417 e. The zero-order valence-corrected chi connectivity index (χ0v) is 22.8. The van der Waals surface area contributed by atoms with Gasteiger partial charge in [0.25, 0.3) is 5.91 Å². The number of para-hydroxylation sites is 2. The highest BCUT2D eigenvalue weighted by Crippen LogP contribution is 2.46. The van der Waals surface area contributed by atoms with Crippen molar-refractivity contribution >= 4 is 55.6 Å². The van der Waals surface area contributed by atoms with Crippen LogP contribution in [-0.4, -0.2) is 31.6 Å². The fourth-order valence-electron chi connectivity index (χ4n) is 6.06. The highest BCUT2D eigenvalue weighted by atomic mass is 16.6. The van der Waals surface area contributed by atoms with Gasteiger partial charge in [0, 0.05) is 45.7 Å². The standard InChI is InChI=1S/C33H33N3O3/c1-6-8-18-34-24-16-12-10-14-21(24)26-23-20-36(32(38)39-33(3,4)5)31(37)28(23)27-22-15-11-13-17-25(22)35(19-9-7-2)30(27)29(26)34/h6-7,10-17H,1-2,8-9,18-20H2,3-5H3. The molecule has 3 aromatic carbocycles. The fraction of sp³-hybridized carbons (Fsp3) is 0.273. The number of allylic oxidation sites excluding steroid dienone is 2. The number of amides is 2. The zero-order valence-electron chi connectivity index (χ0n) is 22.8. The Bertz CT molecular complexity index is 1830. The minimum Gasteiger partial charge on any atom is -0.443 e. The summed E-state index contributed by atoms with van der Waals surface area (Å²) < 4.78 is 10.4. The van der Waals surface area contributed by atoms with Crippen molar-refractivity contribution in [2.45, 2.75) is 58.8 Å². The van der Waals surface area contributed by atoms with Crippen LogP contribution in [0.4, 0.5) is 4.79 Å². The molecular formula is C33H33N3O3. The van der Waals surface area contributed by atoms with Gasteiger partial charge in [-0.3, -0.25) is 4.79 Å². The topological polar surface area (TPSA) is 56.5 Å². The van der Waals surface area contributed by atoms with Crippen molar-refractivity contribution in [1.82, 2.24) is 14.0 Å². The van der Waals surface area contributed by atoms with Gasteiger partial charge in [-0.15, -0.1) is 13.2 Å². The van der Waals surface area contributed by atoms with Crippen molar-refractivity contribution in [2.24, 2.45) is 0 Å². The molecule has 0 fully saturated rings. The molecule has 198 valence electrons. The molecule has 5 aromatic rings. The molecule has 0 N–H and O–H groups in total. The van der Waals surface area contributed by atoms with Crippen LogP contribution >= 0.6 is 0 Å². The van der Waals surface area contributed by atoms with E-state index < -0.39 is 11.7 Å². The maximum atomic E-state index is 14.1. The van der Waals surface area contributed by atoms with Crippen LogP contribution in [0.1, 0.15) is 49.5 Å². The molecule has 0 bridgehead atoms. The maximum Gasteiger partial charge on any atom is 0.417 e. The van der Waals surface area contributed by atoms with Crippen molar-refractivity contribution in [3.63, 3.8) is 0 Å². The van der Waals surface area contributed by atoms with E-state index in [-0.39, 0.29) is 12.5 Å². The van der Waals surface area contributed by atoms with Gasteiger partial charge in [-0.2, -0.15) is 0 Å². The first-order valence-electron chi connectivity index (χ1n) is 13.5. The molecule has 1 aliphatic rings. The Kier molecular flexibility index (Phi) is 5.87. The van der Waals surface area contributed by atoms with Crippen LogP contribution in [0.5, 0.6) is 0 Å². The first-order chi connectivity index (χ1) is 18.8. The van der Waals surface area contributed by atoms with Gasteiger partial charge >= 0.3 is 6.09 Å². The molecule has 39 heavy (non-hydrogen) atoms. The predicted octanol–water partition coefficient (Wildman–Crippen LogP) is 7.95. The van der Waals surface area contributed by atoms with Crippen molar-refractivity contribution in [3.05, 3.63) is 85.0 Å². The number of benzene rings is 3. The first kappa shape index (κ1) is 25.0. The summed E-state index contributed by atoms with van der Waals surface area (Å²) in [6.45, 7) is 15.0. The number of rotatable bonds is 6. The molecule has 2 amide bonds. The average molecular weight is 520 g/mol. The zero-order chi connectivity index (χ0) is 27.5. The van der Waals surface area contributed by atoms with Crippen LogP contribution in [0.3, 0.4) is 0 Å². The van der Waals surface area contributed by atoms with Gasteiger partial charge < -0.3 is 13.9 Å². The third-order valence-electron chi connectivity index (χ3n) is 7.52. The van der Waals surface area contributed by atoms with Crippen LogP contribution in [0.25, 0.3) is 43.6 Å². The number of fused-ring (bicyclic) bond motifs is 10. The Morgan fingerprint density at radius 2 is 1.38 bits per heavy atom. The lowest BCUT2D eigenvalue weighted by atomic mass is 9.97. The quantitative estimate of drug-likeness (QED) is 0.214. The lowest BCUT2D eigenvalue weighted by Crippen LogP contribution is -2.36. The Balaban J connectivity index is 1.80. The van der Waals surface area contributed by atoms with E-state index in [4.69, 9.17) is 4.74 Å².